The first-order valence-corrected chi connectivity index (χ1v) is 20.6. The van der Waals surface area contributed by atoms with Crippen LogP contribution in [0.15, 0.2) is 36.4 Å². The van der Waals surface area contributed by atoms with E-state index < -0.39 is 83.1 Å². The molecule has 63 heavy (non-hydrogen) atoms. The van der Waals surface area contributed by atoms with E-state index in [0.717, 1.165) is 0 Å². The summed E-state index contributed by atoms with van der Waals surface area (Å²) in [5.74, 6) is -4.39. The van der Waals surface area contributed by atoms with E-state index in [1.165, 1.54) is 30.9 Å². The third-order valence-corrected chi connectivity index (χ3v) is 9.53. The highest BCUT2D eigenvalue weighted by molar-refractivity contribution is 5.96. The van der Waals surface area contributed by atoms with E-state index in [9.17, 15) is 43.5 Å². The molecule has 0 saturated carbocycles. The molecule has 0 spiro atoms. The number of nitrogens with one attached hydrogen (secondary N) is 5. The molecule has 346 valence electrons. The summed E-state index contributed by atoms with van der Waals surface area (Å²) in [6.07, 6.45) is -2.89. The minimum Gasteiger partial charge on any atom is -0.465 e. The Hall–Kier alpha value is -6.28. The number of fused-ring (bicyclic) bond motifs is 5. The van der Waals surface area contributed by atoms with E-state index in [2.05, 4.69) is 26.6 Å². The van der Waals surface area contributed by atoms with Crippen LogP contribution in [-0.2, 0) is 46.3 Å². The van der Waals surface area contributed by atoms with Crippen LogP contribution in [0.5, 0.6) is 11.5 Å². The lowest BCUT2D eigenvalue weighted by atomic mass is 9.95. The summed E-state index contributed by atoms with van der Waals surface area (Å²) in [4.78, 5) is 108. The number of esters is 2. The quantitative estimate of drug-likeness (QED) is 0.0989. The normalized spacial score (nSPS) is 17.3. The van der Waals surface area contributed by atoms with Gasteiger partial charge in [0.25, 0.3) is 0 Å². The summed E-state index contributed by atoms with van der Waals surface area (Å²) in [6.45, 7) is 12.5. The number of carbonyl (C=O) groups is 8. The Morgan fingerprint density at radius 2 is 1.41 bits per heavy atom. The minimum absolute atomic E-state index is 0.00340. The fourth-order valence-corrected chi connectivity index (χ4v) is 6.67. The molecule has 20 heteroatoms. The van der Waals surface area contributed by atoms with Gasteiger partial charge in [0.1, 0.15) is 41.3 Å². The zero-order chi connectivity index (χ0) is 47.2. The van der Waals surface area contributed by atoms with Crippen LogP contribution < -0.4 is 47.5 Å². The van der Waals surface area contributed by atoms with Crippen molar-refractivity contribution in [3.05, 3.63) is 47.5 Å². The number of carboxylic acid groups (broad SMARTS) is 1. The number of amides is 6. The zero-order valence-corrected chi connectivity index (χ0v) is 37.2. The molecule has 0 aliphatic carbocycles. The summed E-state index contributed by atoms with van der Waals surface area (Å²) in [5, 5.41) is 23.2. The second-order valence-electron chi connectivity index (χ2n) is 17.0. The monoisotopic (exact) mass is 882 g/mol. The Morgan fingerprint density at radius 3 is 1.90 bits per heavy atom. The second-order valence-corrected chi connectivity index (χ2v) is 17.0. The molecule has 0 saturated heterocycles. The van der Waals surface area contributed by atoms with Crippen LogP contribution in [0.25, 0.3) is 11.1 Å². The largest absolute Gasteiger partial charge is 0.465 e. The summed E-state index contributed by atoms with van der Waals surface area (Å²) in [6, 6.07) is 3.99. The summed E-state index contributed by atoms with van der Waals surface area (Å²) < 4.78 is 16.5. The number of ether oxygens (including phenoxy) is 3. The maximum absolute atomic E-state index is 14.5. The molecule has 6 amide bonds. The van der Waals surface area contributed by atoms with Gasteiger partial charge in [0.05, 0.1) is 0 Å². The lowest BCUT2D eigenvalue weighted by Gasteiger charge is -2.33. The van der Waals surface area contributed by atoms with Crippen LogP contribution in [0.1, 0.15) is 85.8 Å². The van der Waals surface area contributed by atoms with Gasteiger partial charge in [-0.15, -0.1) is 0 Å². The molecule has 4 bridgehead atoms. The Bertz CT molecular complexity index is 2010. The molecule has 1 aliphatic rings. The number of rotatable bonds is 14. The number of carbonyl (C=O) groups excluding carboxylic acids is 7. The summed E-state index contributed by atoms with van der Waals surface area (Å²) >= 11 is 0. The fourth-order valence-electron chi connectivity index (χ4n) is 6.67. The second kappa shape index (κ2) is 22.7. The third-order valence-electron chi connectivity index (χ3n) is 9.53. The van der Waals surface area contributed by atoms with Gasteiger partial charge in [-0.25, -0.2) is 9.59 Å². The van der Waals surface area contributed by atoms with Gasteiger partial charge in [0, 0.05) is 51.9 Å². The Morgan fingerprint density at radius 1 is 0.841 bits per heavy atom. The van der Waals surface area contributed by atoms with Crippen LogP contribution in [0.3, 0.4) is 0 Å². The lowest BCUT2D eigenvalue weighted by Crippen LogP contribution is -2.59. The van der Waals surface area contributed by atoms with Gasteiger partial charge in [-0.05, 0) is 114 Å². The number of hydrogen-bond donors (Lipinski definition) is 8. The SMILES string of the molecule is CC(=O)Oc1ccc2cc1C[C@H](NC(=O)OC(C)(C)C)C(=O)N[C@@H](CCCN(C(=O)O)C(C)(C)C)C(=O)N[C@H](C(=O)N[C@@H](CCN)C(=O)NCCN)Cc1cc-2ccc1OC(C)=O. The van der Waals surface area contributed by atoms with Crippen molar-refractivity contribution < 1.29 is 57.7 Å². The minimum atomic E-state index is -1.49. The van der Waals surface area contributed by atoms with Crippen LogP contribution in [0.2, 0.25) is 0 Å². The van der Waals surface area contributed by atoms with E-state index in [0.29, 0.717) is 16.7 Å². The van der Waals surface area contributed by atoms with Crippen molar-refractivity contribution in [1.29, 1.82) is 0 Å². The highest BCUT2D eigenvalue weighted by Crippen LogP contribution is 2.32. The van der Waals surface area contributed by atoms with Crippen LogP contribution in [0, 0.1) is 0 Å². The van der Waals surface area contributed by atoms with Crippen LogP contribution in [-0.4, -0.2) is 119 Å². The van der Waals surface area contributed by atoms with Crippen molar-refractivity contribution in [3.63, 3.8) is 0 Å². The molecular weight excluding hydrogens is 821 g/mol. The molecule has 10 N–H and O–H groups in total. The van der Waals surface area contributed by atoms with E-state index in [-0.39, 0.29) is 75.3 Å². The van der Waals surface area contributed by atoms with E-state index >= 15 is 0 Å². The molecule has 0 aromatic heterocycles. The van der Waals surface area contributed by atoms with Crippen molar-refractivity contribution in [1.82, 2.24) is 31.5 Å². The van der Waals surface area contributed by atoms with Crippen molar-refractivity contribution >= 4 is 47.8 Å². The van der Waals surface area contributed by atoms with Gasteiger partial charge in [0.2, 0.25) is 23.6 Å². The Balaban J connectivity index is 2.31. The molecule has 3 rings (SSSR count). The molecule has 20 nitrogen and oxygen atoms in total. The predicted octanol–water partition coefficient (Wildman–Crippen LogP) is 1.63. The number of nitrogens with two attached hydrogens (primary N) is 2. The number of benzene rings is 2. The zero-order valence-electron chi connectivity index (χ0n) is 37.2. The van der Waals surface area contributed by atoms with Gasteiger partial charge in [-0.2, -0.15) is 0 Å². The fraction of sp³-hybridized carbons (Fsp3) is 0.535. The smallest absolute Gasteiger partial charge is 0.408 e. The van der Waals surface area contributed by atoms with Crippen molar-refractivity contribution in [3.8, 4) is 22.6 Å². The molecular formula is C43H62N8O12. The number of alkyl carbamates (subject to hydrolysis) is 1. The van der Waals surface area contributed by atoms with Gasteiger partial charge in [0.15, 0.2) is 0 Å². The molecule has 2 aromatic carbocycles. The maximum Gasteiger partial charge on any atom is 0.408 e. The van der Waals surface area contributed by atoms with Crippen molar-refractivity contribution in [2.75, 3.05) is 26.2 Å². The topological polar surface area (TPSA) is 300 Å². The Labute approximate surface area is 366 Å². The van der Waals surface area contributed by atoms with E-state index in [4.69, 9.17) is 25.7 Å². The number of hydrogen-bond acceptors (Lipinski definition) is 13. The highest BCUT2D eigenvalue weighted by Gasteiger charge is 2.34. The molecule has 1 aliphatic heterocycles. The molecule has 0 fully saturated rings. The number of nitrogens with zero attached hydrogens (tertiary/aromatic N) is 1. The predicted molar refractivity (Wildman–Crippen MR) is 230 cm³/mol. The van der Waals surface area contributed by atoms with E-state index in [1.54, 1.807) is 65.8 Å². The average Bonchev–Trinajstić information content (AvgIpc) is 3.16. The Kier molecular flexibility index (Phi) is 18.4. The first-order chi connectivity index (χ1) is 29.4. The molecule has 2 aromatic rings. The van der Waals surface area contributed by atoms with Crippen LogP contribution in [0.4, 0.5) is 9.59 Å². The van der Waals surface area contributed by atoms with Gasteiger partial charge in [-0.3, -0.25) is 28.8 Å². The van der Waals surface area contributed by atoms with Crippen LogP contribution >= 0.6 is 0 Å². The first-order valence-electron chi connectivity index (χ1n) is 20.6. The molecule has 0 radical (unpaired) electrons. The standard InChI is InChI=1S/C43H62N8O12/c1-24(52)61-34-13-11-26-20-28(34)22-32(38(56)48-31(15-16-44)36(54)46-18-17-45)49-37(55)30(10-9-19-51(41(59)60)42(3,4)5)47-39(57)33(50-40(58)63-43(6,7)8)23-29-21-27(26)12-14-35(29)62-25(2)53/h11-14,20-21,30-33H,9-10,15-19,22-23,44-45H2,1-8H3,(H,46,54)(H,47,57)(H,48,56)(H,49,55)(H,50,58)(H,59,60)/t30-,31-,32-,33-/m0/s1. The third kappa shape index (κ3) is 16.2. The maximum atomic E-state index is 14.5. The van der Waals surface area contributed by atoms with Crippen molar-refractivity contribution in [2.24, 2.45) is 11.5 Å². The summed E-state index contributed by atoms with van der Waals surface area (Å²) in [5.41, 5.74) is 11.2. The van der Waals surface area contributed by atoms with E-state index in [1.807, 2.05) is 0 Å². The van der Waals surface area contributed by atoms with Gasteiger partial charge < -0.3 is 62.3 Å². The summed E-state index contributed by atoms with van der Waals surface area (Å²) in [7, 11) is 0. The lowest BCUT2D eigenvalue weighted by molar-refractivity contribution is -0.134. The molecule has 4 atom stereocenters. The van der Waals surface area contributed by atoms with Crippen molar-refractivity contribution in [2.45, 2.75) is 123 Å². The first kappa shape index (κ1) is 51.1. The molecule has 1 heterocycles. The van der Waals surface area contributed by atoms with Gasteiger partial charge >= 0.3 is 24.1 Å². The van der Waals surface area contributed by atoms with Gasteiger partial charge in [-0.1, -0.05) is 12.1 Å². The molecule has 0 unspecified atom stereocenters. The highest BCUT2D eigenvalue weighted by atomic mass is 16.6. The average molecular weight is 883 g/mol.